The Balaban J connectivity index is 1.78. The number of hydrogen-bond donors (Lipinski definition) is 2. The second-order valence-electron chi connectivity index (χ2n) is 12.0. The molecule has 0 aromatic carbocycles. The number of nitrogens with zero attached hydrogens (tertiary/aromatic N) is 2. The monoisotopic (exact) mass is 566 g/mol. The normalized spacial score (nSPS) is 19.0. The Kier molecular flexibility index (Phi) is 13.7. The van der Waals surface area contributed by atoms with Crippen LogP contribution < -0.4 is 10.6 Å². The lowest BCUT2D eigenvalue weighted by Crippen LogP contribution is -2.53. The number of unbranched alkanes of at least 4 members (excludes halogenated alkanes) is 2. The molecule has 2 heterocycles. The highest BCUT2D eigenvalue weighted by atomic mass is 16.6. The van der Waals surface area contributed by atoms with Crippen molar-refractivity contribution in [2.75, 3.05) is 32.8 Å². The lowest BCUT2D eigenvalue weighted by molar-refractivity contribution is -0.145. The fourth-order valence-electron chi connectivity index (χ4n) is 5.07. The van der Waals surface area contributed by atoms with Crippen LogP contribution in [0.5, 0.6) is 0 Å². The highest BCUT2D eigenvalue weighted by Crippen LogP contribution is 2.25. The van der Waals surface area contributed by atoms with Crippen LogP contribution in [0.15, 0.2) is 0 Å². The molecule has 11 nitrogen and oxygen atoms in total. The van der Waals surface area contributed by atoms with Crippen LogP contribution in [0.1, 0.15) is 98.8 Å². The van der Waals surface area contributed by atoms with Crippen LogP contribution in [-0.2, 0) is 28.7 Å². The fraction of sp³-hybridized carbons (Fsp3) is 0.828. The van der Waals surface area contributed by atoms with Gasteiger partial charge < -0.3 is 29.9 Å². The molecule has 0 unspecified atom stereocenters. The topological polar surface area (TPSA) is 134 Å². The van der Waals surface area contributed by atoms with E-state index in [1.54, 1.807) is 9.80 Å². The number of likely N-dealkylation sites (tertiary alicyclic amines) is 2. The molecule has 2 saturated heterocycles. The highest BCUT2D eigenvalue weighted by Gasteiger charge is 2.31. The lowest BCUT2D eigenvalue weighted by Gasteiger charge is -2.35. The fourth-order valence-corrected chi connectivity index (χ4v) is 5.07. The summed E-state index contributed by atoms with van der Waals surface area (Å²) >= 11 is 0. The van der Waals surface area contributed by atoms with Crippen molar-refractivity contribution in [3.05, 3.63) is 0 Å². The van der Waals surface area contributed by atoms with Crippen molar-refractivity contribution in [3.8, 4) is 0 Å². The van der Waals surface area contributed by atoms with Gasteiger partial charge in [0.2, 0.25) is 17.7 Å². The van der Waals surface area contributed by atoms with E-state index in [4.69, 9.17) is 9.47 Å². The third kappa shape index (κ3) is 12.6. The summed E-state index contributed by atoms with van der Waals surface area (Å²) in [6.45, 7) is 11.4. The van der Waals surface area contributed by atoms with Crippen LogP contribution in [0.2, 0.25) is 0 Å². The van der Waals surface area contributed by atoms with E-state index < -0.39 is 23.7 Å². The SMILES string of the molecule is CCCCCOC(=O)C[C@@H](NC(C)=O)NC(=O)[C@@H]1CCCN(C(=O)CCC2CCN(C(=O)OC(C)(C)C)CC2)C1. The van der Waals surface area contributed by atoms with E-state index in [0.29, 0.717) is 58.0 Å². The Morgan fingerprint density at radius 1 is 0.950 bits per heavy atom. The number of rotatable bonds is 12. The average Bonchev–Trinajstić information content (AvgIpc) is 2.88. The van der Waals surface area contributed by atoms with E-state index in [1.165, 1.54) is 6.92 Å². The summed E-state index contributed by atoms with van der Waals surface area (Å²) in [5, 5.41) is 5.38. The summed E-state index contributed by atoms with van der Waals surface area (Å²) in [6, 6.07) is 0. The van der Waals surface area contributed by atoms with Gasteiger partial charge in [-0.25, -0.2) is 4.79 Å². The van der Waals surface area contributed by atoms with Gasteiger partial charge in [0, 0.05) is 39.5 Å². The molecule has 0 bridgehead atoms. The zero-order valence-electron chi connectivity index (χ0n) is 25.1. The molecule has 2 fully saturated rings. The molecule has 2 aliphatic heterocycles. The molecule has 2 rings (SSSR count). The average molecular weight is 567 g/mol. The van der Waals surface area contributed by atoms with Crippen molar-refractivity contribution in [1.82, 2.24) is 20.4 Å². The summed E-state index contributed by atoms with van der Waals surface area (Å²) < 4.78 is 10.7. The summed E-state index contributed by atoms with van der Waals surface area (Å²) in [7, 11) is 0. The maximum atomic E-state index is 13.0. The van der Waals surface area contributed by atoms with Gasteiger partial charge in [0.05, 0.1) is 18.9 Å². The van der Waals surface area contributed by atoms with Crippen molar-refractivity contribution in [2.45, 2.75) is 111 Å². The Labute approximate surface area is 239 Å². The second kappa shape index (κ2) is 16.4. The molecule has 2 N–H and O–H groups in total. The van der Waals surface area contributed by atoms with E-state index in [2.05, 4.69) is 17.6 Å². The van der Waals surface area contributed by atoms with Crippen LogP contribution in [-0.4, -0.2) is 84.1 Å². The smallest absolute Gasteiger partial charge is 0.410 e. The quantitative estimate of drug-likeness (QED) is 0.210. The van der Waals surface area contributed by atoms with Crippen molar-refractivity contribution in [3.63, 3.8) is 0 Å². The van der Waals surface area contributed by atoms with Gasteiger partial charge in [-0.15, -0.1) is 0 Å². The first kappa shape index (κ1) is 33.4. The van der Waals surface area contributed by atoms with E-state index in [1.807, 2.05) is 20.8 Å². The Hall–Kier alpha value is -2.85. The largest absolute Gasteiger partial charge is 0.466 e. The molecule has 4 amide bonds. The predicted octanol–water partition coefficient (Wildman–Crippen LogP) is 3.35. The molecule has 0 spiro atoms. The maximum absolute atomic E-state index is 13.0. The summed E-state index contributed by atoms with van der Waals surface area (Å²) in [4.78, 5) is 65.6. The van der Waals surface area contributed by atoms with E-state index in [0.717, 1.165) is 38.5 Å². The number of carbonyl (C=O) groups is 5. The molecule has 40 heavy (non-hydrogen) atoms. The summed E-state index contributed by atoms with van der Waals surface area (Å²) in [5.74, 6) is -1.14. The molecular formula is C29H50N4O7. The number of hydrogen-bond acceptors (Lipinski definition) is 7. The van der Waals surface area contributed by atoms with Crippen LogP contribution in [0.25, 0.3) is 0 Å². The minimum Gasteiger partial charge on any atom is -0.466 e. The molecule has 2 atom stereocenters. The van der Waals surface area contributed by atoms with Gasteiger partial charge >= 0.3 is 12.1 Å². The van der Waals surface area contributed by atoms with E-state index in [9.17, 15) is 24.0 Å². The first-order valence-corrected chi connectivity index (χ1v) is 14.9. The molecule has 0 saturated carbocycles. The number of nitrogens with one attached hydrogen (secondary N) is 2. The number of esters is 1. The van der Waals surface area contributed by atoms with Crippen molar-refractivity contribution in [2.24, 2.45) is 11.8 Å². The maximum Gasteiger partial charge on any atom is 0.410 e. The minimum atomic E-state index is -0.860. The van der Waals surface area contributed by atoms with Gasteiger partial charge in [0.15, 0.2) is 0 Å². The molecule has 11 heteroatoms. The summed E-state index contributed by atoms with van der Waals surface area (Å²) in [5.41, 5.74) is -0.520. The van der Waals surface area contributed by atoms with Crippen molar-refractivity contribution in [1.29, 1.82) is 0 Å². The number of carbonyl (C=O) groups excluding carboxylic acids is 5. The number of ether oxygens (including phenoxy) is 2. The number of amides is 4. The Bertz CT molecular complexity index is 865. The number of piperidine rings is 2. The molecule has 0 aromatic rings. The third-order valence-electron chi connectivity index (χ3n) is 7.25. The first-order chi connectivity index (χ1) is 18.9. The van der Waals surface area contributed by atoms with Gasteiger partial charge in [-0.1, -0.05) is 19.8 Å². The van der Waals surface area contributed by atoms with Gasteiger partial charge in [-0.05, 0) is 65.2 Å². The molecule has 2 aliphatic rings. The molecule has 0 aliphatic carbocycles. The van der Waals surface area contributed by atoms with Crippen molar-refractivity contribution < 1.29 is 33.4 Å². The van der Waals surface area contributed by atoms with Crippen LogP contribution >= 0.6 is 0 Å². The standard InChI is InChI=1S/C29H50N4O7/c1-6-7-8-18-39-26(36)19-24(30-21(2)34)31-27(37)23-10-9-15-33(20-23)25(35)12-11-22-13-16-32(17-14-22)28(38)40-29(3,4)5/h22-24H,6-20H2,1-5H3,(H,30,34)(H,31,37)/t23-,24+/m1/s1. The van der Waals surface area contributed by atoms with Gasteiger partial charge in [0.1, 0.15) is 11.8 Å². The molecule has 228 valence electrons. The van der Waals surface area contributed by atoms with E-state index in [-0.39, 0.29) is 30.2 Å². The molecular weight excluding hydrogens is 516 g/mol. The minimum absolute atomic E-state index is 0.0288. The van der Waals surface area contributed by atoms with Gasteiger partial charge in [-0.3, -0.25) is 19.2 Å². The van der Waals surface area contributed by atoms with Crippen LogP contribution in [0, 0.1) is 11.8 Å². The zero-order chi connectivity index (χ0) is 29.7. The van der Waals surface area contributed by atoms with Gasteiger partial charge in [0.25, 0.3) is 0 Å². The summed E-state index contributed by atoms with van der Waals surface area (Å²) in [6.07, 6.45) is 5.62. The Morgan fingerprint density at radius 3 is 2.27 bits per heavy atom. The van der Waals surface area contributed by atoms with Crippen LogP contribution in [0.3, 0.4) is 0 Å². The molecule has 0 radical (unpaired) electrons. The van der Waals surface area contributed by atoms with E-state index >= 15 is 0 Å². The lowest BCUT2D eigenvalue weighted by atomic mass is 9.91. The van der Waals surface area contributed by atoms with Crippen molar-refractivity contribution >= 4 is 29.8 Å². The van der Waals surface area contributed by atoms with Crippen LogP contribution in [0.4, 0.5) is 4.79 Å². The predicted molar refractivity (Wildman–Crippen MR) is 150 cm³/mol. The first-order valence-electron chi connectivity index (χ1n) is 14.9. The second-order valence-corrected chi connectivity index (χ2v) is 12.0. The Morgan fingerprint density at radius 2 is 1.65 bits per heavy atom. The zero-order valence-corrected chi connectivity index (χ0v) is 25.1. The van der Waals surface area contributed by atoms with Gasteiger partial charge in [-0.2, -0.15) is 0 Å². The third-order valence-corrected chi connectivity index (χ3v) is 7.25. The molecule has 0 aromatic heterocycles. The highest BCUT2D eigenvalue weighted by molar-refractivity contribution is 5.83.